The molecule has 1 heterocycles. The number of aromatic nitrogens is 2. The molecule has 4 aliphatic rings. The van der Waals surface area contributed by atoms with Crippen LogP contribution in [-0.4, -0.2) is 22.2 Å². The van der Waals surface area contributed by atoms with Crippen LogP contribution in [0.1, 0.15) is 61.0 Å². The maximum absolute atomic E-state index is 13.4. The van der Waals surface area contributed by atoms with Gasteiger partial charge in [-0.25, -0.2) is 4.68 Å². The van der Waals surface area contributed by atoms with Gasteiger partial charge in [-0.2, -0.15) is 5.10 Å². The monoisotopic (exact) mass is 589 g/mol. The maximum Gasteiger partial charge on any atom is 0.272 e. The van der Waals surface area contributed by atoms with E-state index in [1.165, 1.54) is 38.5 Å². The van der Waals surface area contributed by atoms with Crippen molar-refractivity contribution in [1.29, 1.82) is 0 Å². The van der Waals surface area contributed by atoms with Gasteiger partial charge in [0, 0.05) is 27.7 Å². The Kier molecular flexibility index (Phi) is 7.45. The molecule has 0 aliphatic heterocycles. The normalized spacial score (nSPS) is 25.7. The van der Waals surface area contributed by atoms with Crippen LogP contribution in [0.3, 0.4) is 0 Å². The van der Waals surface area contributed by atoms with Crippen molar-refractivity contribution in [3.8, 4) is 16.9 Å². The molecule has 0 radical (unpaired) electrons. The molecule has 2 aromatic carbocycles. The molecule has 4 aliphatic carbocycles. The summed E-state index contributed by atoms with van der Waals surface area (Å²) in [5, 5.41) is 9.80. The maximum atomic E-state index is 13.4. The minimum Gasteiger partial charge on any atom is -0.351 e. The second-order valence-corrected chi connectivity index (χ2v) is 13.1. The highest BCUT2D eigenvalue weighted by Gasteiger charge is 2.47. The van der Waals surface area contributed by atoms with Gasteiger partial charge in [-0.15, -0.1) is 0 Å². The lowest BCUT2D eigenvalue weighted by atomic mass is 9.51. The van der Waals surface area contributed by atoms with Crippen molar-refractivity contribution in [3.05, 3.63) is 67.7 Å². The average Bonchev–Trinajstić information content (AvgIpc) is 3.19. The Balaban J connectivity index is 1.22. The van der Waals surface area contributed by atoms with Crippen molar-refractivity contribution in [3.63, 3.8) is 0 Å². The summed E-state index contributed by atoms with van der Waals surface area (Å²) in [5.41, 5.74) is 3.09. The standard InChI is InChI=1S/C30H31Cl4N3O/c1-16-28(30(38)35-8-2-3-23-19-10-17-9-18(12-19)13-20(23)11-17)36-37(27-7-5-22(32)15-26(27)34)29(16)24-6-4-21(31)14-25(24)33/h4-7,14-15,17-20,23H,2-3,8-13H2,1H3,(H,35,38). The molecule has 38 heavy (non-hydrogen) atoms. The molecule has 0 saturated heterocycles. The summed E-state index contributed by atoms with van der Waals surface area (Å²) in [5.74, 6) is 4.45. The SMILES string of the molecule is Cc1c(C(=O)NCCCC2C3CC4CC(C3)CC2C4)nn(-c2ccc(Cl)cc2Cl)c1-c1ccc(Cl)cc1Cl. The van der Waals surface area contributed by atoms with Gasteiger partial charge < -0.3 is 5.32 Å². The molecule has 0 spiro atoms. The molecule has 4 fully saturated rings. The van der Waals surface area contributed by atoms with Crippen LogP contribution < -0.4 is 5.32 Å². The molecule has 3 aromatic rings. The molecule has 1 N–H and O–H groups in total. The third-order valence-corrected chi connectivity index (χ3v) is 10.2. The second-order valence-electron chi connectivity index (χ2n) is 11.4. The lowest BCUT2D eigenvalue weighted by Crippen LogP contribution is -2.45. The summed E-state index contributed by atoms with van der Waals surface area (Å²) < 4.78 is 1.67. The number of rotatable bonds is 7. The van der Waals surface area contributed by atoms with Crippen molar-refractivity contribution < 1.29 is 4.79 Å². The van der Waals surface area contributed by atoms with Crippen LogP contribution in [-0.2, 0) is 0 Å². The van der Waals surface area contributed by atoms with Gasteiger partial charge in [0.05, 0.1) is 21.4 Å². The van der Waals surface area contributed by atoms with Crippen LogP contribution in [0.2, 0.25) is 20.1 Å². The van der Waals surface area contributed by atoms with Gasteiger partial charge in [0.25, 0.3) is 5.91 Å². The molecule has 200 valence electrons. The second kappa shape index (κ2) is 10.7. The Labute approximate surface area is 244 Å². The van der Waals surface area contributed by atoms with Crippen molar-refractivity contribution in [2.75, 3.05) is 6.54 Å². The molecule has 4 bridgehead atoms. The van der Waals surface area contributed by atoms with E-state index in [0.29, 0.717) is 49.3 Å². The Morgan fingerprint density at radius 2 is 1.55 bits per heavy atom. The van der Waals surface area contributed by atoms with E-state index in [0.717, 1.165) is 41.6 Å². The zero-order valence-corrected chi connectivity index (χ0v) is 24.3. The third kappa shape index (κ3) is 4.98. The Hall–Kier alpha value is -1.72. The fourth-order valence-electron chi connectivity index (χ4n) is 7.67. The van der Waals surface area contributed by atoms with E-state index in [-0.39, 0.29) is 5.91 Å². The first-order chi connectivity index (χ1) is 18.3. The molecular weight excluding hydrogens is 560 g/mol. The zero-order chi connectivity index (χ0) is 26.6. The lowest BCUT2D eigenvalue weighted by Gasteiger charge is -2.54. The van der Waals surface area contributed by atoms with E-state index in [4.69, 9.17) is 51.5 Å². The van der Waals surface area contributed by atoms with Crippen LogP contribution in [0.4, 0.5) is 0 Å². The summed E-state index contributed by atoms with van der Waals surface area (Å²) in [7, 11) is 0. The highest BCUT2D eigenvalue weighted by molar-refractivity contribution is 6.37. The fourth-order valence-corrected chi connectivity index (χ4v) is 8.66. The largest absolute Gasteiger partial charge is 0.351 e. The van der Waals surface area contributed by atoms with Gasteiger partial charge in [-0.1, -0.05) is 46.4 Å². The molecule has 1 aromatic heterocycles. The van der Waals surface area contributed by atoms with E-state index >= 15 is 0 Å². The van der Waals surface area contributed by atoms with Crippen LogP contribution in [0.15, 0.2) is 36.4 Å². The Morgan fingerprint density at radius 1 is 0.921 bits per heavy atom. The number of carbonyl (C=O) groups is 1. The van der Waals surface area contributed by atoms with Crippen molar-refractivity contribution >= 4 is 52.3 Å². The van der Waals surface area contributed by atoms with Gasteiger partial charge in [0.2, 0.25) is 0 Å². The first-order valence-electron chi connectivity index (χ1n) is 13.6. The number of hydrogen-bond donors (Lipinski definition) is 1. The van der Waals surface area contributed by atoms with Gasteiger partial charge in [0.15, 0.2) is 5.69 Å². The summed E-state index contributed by atoms with van der Waals surface area (Å²) >= 11 is 25.5. The van der Waals surface area contributed by atoms with Crippen LogP contribution in [0.5, 0.6) is 0 Å². The van der Waals surface area contributed by atoms with Crippen LogP contribution >= 0.6 is 46.4 Å². The molecular formula is C30H31Cl4N3O. The quantitative estimate of drug-likeness (QED) is 0.279. The van der Waals surface area contributed by atoms with Crippen LogP contribution in [0.25, 0.3) is 16.9 Å². The minimum absolute atomic E-state index is 0.192. The summed E-state index contributed by atoms with van der Waals surface area (Å²) in [4.78, 5) is 13.4. The number of nitrogens with zero attached hydrogens (tertiary/aromatic N) is 2. The van der Waals surface area contributed by atoms with E-state index in [9.17, 15) is 4.79 Å². The molecule has 7 rings (SSSR count). The van der Waals surface area contributed by atoms with E-state index in [1.807, 2.05) is 13.0 Å². The molecule has 0 atom stereocenters. The van der Waals surface area contributed by atoms with Gasteiger partial charge in [-0.05, 0) is 118 Å². The third-order valence-electron chi connectivity index (χ3n) is 9.08. The first-order valence-corrected chi connectivity index (χ1v) is 15.1. The van der Waals surface area contributed by atoms with Gasteiger partial charge >= 0.3 is 0 Å². The molecule has 0 unspecified atom stereocenters. The highest BCUT2D eigenvalue weighted by Crippen LogP contribution is 2.57. The Morgan fingerprint density at radius 3 is 2.18 bits per heavy atom. The zero-order valence-electron chi connectivity index (χ0n) is 21.3. The summed E-state index contributed by atoms with van der Waals surface area (Å²) in [6, 6.07) is 10.5. The fraction of sp³-hybridized carbons (Fsp3) is 0.467. The van der Waals surface area contributed by atoms with E-state index in [1.54, 1.807) is 35.0 Å². The van der Waals surface area contributed by atoms with Gasteiger partial charge in [-0.3, -0.25) is 4.79 Å². The lowest BCUT2D eigenvalue weighted by molar-refractivity contribution is -0.0401. The predicted octanol–water partition coefficient (Wildman–Crippen LogP) is 9.04. The number of amides is 1. The number of halogens is 4. The van der Waals surface area contributed by atoms with Crippen molar-refractivity contribution in [1.82, 2.24) is 15.1 Å². The number of nitrogens with one attached hydrogen (secondary N) is 1. The predicted molar refractivity (Wildman–Crippen MR) is 156 cm³/mol. The molecule has 4 nitrogen and oxygen atoms in total. The van der Waals surface area contributed by atoms with Crippen molar-refractivity contribution in [2.24, 2.45) is 29.6 Å². The smallest absolute Gasteiger partial charge is 0.272 e. The average molecular weight is 591 g/mol. The molecule has 4 saturated carbocycles. The molecule has 1 amide bonds. The first kappa shape index (κ1) is 26.5. The number of benzene rings is 2. The van der Waals surface area contributed by atoms with Crippen LogP contribution in [0, 0.1) is 36.5 Å². The molecule has 8 heteroatoms. The summed E-state index contributed by atoms with van der Waals surface area (Å²) in [6.07, 6.45) is 9.42. The van der Waals surface area contributed by atoms with Crippen molar-refractivity contribution in [2.45, 2.75) is 51.9 Å². The highest BCUT2D eigenvalue weighted by atomic mass is 35.5. The summed E-state index contributed by atoms with van der Waals surface area (Å²) in [6.45, 7) is 2.53. The number of carbonyl (C=O) groups excluding carboxylic acids is 1. The number of hydrogen-bond acceptors (Lipinski definition) is 2. The minimum atomic E-state index is -0.192. The topological polar surface area (TPSA) is 46.9 Å². The van der Waals surface area contributed by atoms with E-state index < -0.39 is 0 Å². The Bertz CT molecular complexity index is 1360. The van der Waals surface area contributed by atoms with Gasteiger partial charge in [0.1, 0.15) is 0 Å². The van der Waals surface area contributed by atoms with E-state index in [2.05, 4.69) is 5.32 Å².